The highest BCUT2D eigenvalue weighted by Crippen LogP contribution is 2.25. The Morgan fingerprint density at radius 1 is 1.22 bits per heavy atom. The fourth-order valence-electron chi connectivity index (χ4n) is 2.16. The normalized spacial score (nSPS) is 15.7. The number of benzene rings is 1. The van der Waals surface area contributed by atoms with Gasteiger partial charge in [-0.3, -0.25) is 19.3 Å². The maximum Gasteiger partial charge on any atom is 0.262 e. The number of rotatable bonds is 4. The molecule has 1 atom stereocenters. The summed E-state index contributed by atoms with van der Waals surface area (Å²) < 4.78 is 0. The fourth-order valence-corrected chi connectivity index (χ4v) is 2.16. The summed E-state index contributed by atoms with van der Waals surface area (Å²) >= 11 is 0. The first-order valence-electron chi connectivity index (χ1n) is 5.84. The zero-order valence-corrected chi connectivity index (χ0v) is 10.1. The minimum absolute atomic E-state index is 0.338. The molecule has 2 rings (SSSR count). The number of amides is 3. The van der Waals surface area contributed by atoms with Gasteiger partial charge in [0.1, 0.15) is 6.04 Å². The first-order valence-corrected chi connectivity index (χ1v) is 5.84. The Balaban J connectivity index is 2.41. The molecule has 0 saturated heterocycles. The van der Waals surface area contributed by atoms with Crippen LogP contribution < -0.4 is 5.73 Å². The lowest BCUT2D eigenvalue weighted by Crippen LogP contribution is -2.47. The zero-order valence-electron chi connectivity index (χ0n) is 10.1. The molecule has 0 unspecified atom stereocenters. The van der Waals surface area contributed by atoms with E-state index in [0.29, 0.717) is 24.0 Å². The van der Waals surface area contributed by atoms with Gasteiger partial charge in [0.25, 0.3) is 11.8 Å². The molecular formula is C13H14N2O3. The summed E-state index contributed by atoms with van der Waals surface area (Å²) in [4.78, 5) is 36.6. The molecule has 0 aromatic heterocycles. The van der Waals surface area contributed by atoms with Crippen LogP contribution in [0.4, 0.5) is 0 Å². The van der Waals surface area contributed by atoms with E-state index in [1.807, 2.05) is 6.92 Å². The maximum atomic E-state index is 12.1. The van der Waals surface area contributed by atoms with Gasteiger partial charge in [-0.25, -0.2) is 0 Å². The van der Waals surface area contributed by atoms with Crippen molar-refractivity contribution in [1.29, 1.82) is 0 Å². The van der Waals surface area contributed by atoms with Crippen molar-refractivity contribution in [2.75, 3.05) is 0 Å². The largest absolute Gasteiger partial charge is 0.368 e. The van der Waals surface area contributed by atoms with Gasteiger partial charge in [-0.2, -0.15) is 0 Å². The van der Waals surface area contributed by atoms with Crippen LogP contribution >= 0.6 is 0 Å². The van der Waals surface area contributed by atoms with Gasteiger partial charge in [0.2, 0.25) is 5.91 Å². The molecule has 5 nitrogen and oxygen atoms in total. The second kappa shape index (κ2) is 4.60. The number of hydrogen-bond acceptors (Lipinski definition) is 3. The highest BCUT2D eigenvalue weighted by Gasteiger charge is 2.41. The number of hydrogen-bond donors (Lipinski definition) is 1. The molecule has 3 amide bonds. The second-order valence-electron chi connectivity index (χ2n) is 4.23. The number of primary amides is 1. The van der Waals surface area contributed by atoms with Gasteiger partial charge in [0.05, 0.1) is 11.1 Å². The molecule has 1 aliphatic heterocycles. The molecule has 94 valence electrons. The minimum Gasteiger partial charge on any atom is -0.368 e. The Labute approximate surface area is 105 Å². The molecule has 18 heavy (non-hydrogen) atoms. The number of carbonyl (C=O) groups is 3. The first-order chi connectivity index (χ1) is 8.57. The Hall–Kier alpha value is -2.17. The highest BCUT2D eigenvalue weighted by molar-refractivity contribution is 6.22. The van der Waals surface area contributed by atoms with Gasteiger partial charge in [-0.05, 0) is 18.6 Å². The first kappa shape index (κ1) is 12.3. The smallest absolute Gasteiger partial charge is 0.262 e. The van der Waals surface area contributed by atoms with Gasteiger partial charge >= 0.3 is 0 Å². The summed E-state index contributed by atoms with van der Waals surface area (Å²) in [5.41, 5.74) is 5.95. The van der Waals surface area contributed by atoms with E-state index in [1.165, 1.54) is 0 Å². The van der Waals surface area contributed by atoms with Crippen LogP contribution in [-0.2, 0) is 4.79 Å². The van der Waals surface area contributed by atoms with Gasteiger partial charge in [-0.1, -0.05) is 25.5 Å². The van der Waals surface area contributed by atoms with E-state index in [1.54, 1.807) is 24.3 Å². The molecule has 0 saturated carbocycles. The minimum atomic E-state index is -0.859. The molecule has 1 aromatic carbocycles. The third kappa shape index (κ3) is 1.77. The van der Waals surface area contributed by atoms with Crippen molar-refractivity contribution >= 4 is 17.7 Å². The summed E-state index contributed by atoms with van der Waals surface area (Å²) in [7, 11) is 0. The molecule has 0 bridgehead atoms. The molecular weight excluding hydrogens is 232 g/mol. The van der Waals surface area contributed by atoms with Crippen LogP contribution in [0.1, 0.15) is 40.5 Å². The molecule has 5 heteroatoms. The highest BCUT2D eigenvalue weighted by atomic mass is 16.2. The third-order valence-corrected chi connectivity index (χ3v) is 3.03. The van der Waals surface area contributed by atoms with E-state index >= 15 is 0 Å². The van der Waals surface area contributed by atoms with E-state index < -0.39 is 23.8 Å². The lowest BCUT2D eigenvalue weighted by molar-refractivity contribution is -0.122. The monoisotopic (exact) mass is 246 g/mol. The number of carbonyl (C=O) groups excluding carboxylic acids is 3. The lowest BCUT2D eigenvalue weighted by atomic mass is 10.1. The van der Waals surface area contributed by atoms with E-state index in [-0.39, 0.29) is 0 Å². The summed E-state index contributed by atoms with van der Waals surface area (Å²) in [6, 6.07) is 5.68. The van der Waals surface area contributed by atoms with Crippen LogP contribution in [0, 0.1) is 0 Å². The molecule has 0 aliphatic carbocycles. The molecule has 0 spiro atoms. The van der Waals surface area contributed by atoms with Crippen molar-refractivity contribution in [3.63, 3.8) is 0 Å². The van der Waals surface area contributed by atoms with Crippen molar-refractivity contribution < 1.29 is 14.4 Å². The fraction of sp³-hybridized carbons (Fsp3) is 0.308. The quantitative estimate of drug-likeness (QED) is 0.803. The van der Waals surface area contributed by atoms with Crippen molar-refractivity contribution in [3.05, 3.63) is 35.4 Å². The van der Waals surface area contributed by atoms with Crippen LogP contribution in [0.25, 0.3) is 0 Å². The Morgan fingerprint density at radius 2 is 1.72 bits per heavy atom. The van der Waals surface area contributed by atoms with E-state index in [4.69, 9.17) is 5.73 Å². The van der Waals surface area contributed by atoms with Crippen molar-refractivity contribution in [2.45, 2.75) is 25.8 Å². The Bertz CT molecular complexity index is 490. The number of nitrogens with two attached hydrogens (primary N) is 1. The maximum absolute atomic E-state index is 12.1. The van der Waals surface area contributed by atoms with Crippen LogP contribution in [0.5, 0.6) is 0 Å². The van der Waals surface area contributed by atoms with Crippen LogP contribution in [0.2, 0.25) is 0 Å². The third-order valence-electron chi connectivity index (χ3n) is 3.03. The molecule has 1 aliphatic rings. The zero-order chi connectivity index (χ0) is 13.3. The van der Waals surface area contributed by atoms with Crippen molar-refractivity contribution in [3.8, 4) is 0 Å². The predicted molar refractivity (Wildman–Crippen MR) is 64.8 cm³/mol. The molecule has 1 aromatic rings. The van der Waals surface area contributed by atoms with E-state index in [2.05, 4.69) is 0 Å². The van der Waals surface area contributed by atoms with Gasteiger partial charge < -0.3 is 5.73 Å². The van der Waals surface area contributed by atoms with Gasteiger partial charge in [-0.15, -0.1) is 0 Å². The summed E-state index contributed by atoms with van der Waals surface area (Å²) in [6.07, 6.45) is 1.06. The molecule has 0 fully saturated rings. The van der Waals surface area contributed by atoms with Crippen LogP contribution in [0.3, 0.4) is 0 Å². The molecule has 1 heterocycles. The predicted octanol–water partition coefficient (Wildman–Crippen LogP) is 0.937. The van der Waals surface area contributed by atoms with Gasteiger partial charge in [0, 0.05) is 0 Å². The summed E-state index contributed by atoms with van der Waals surface area (Å²) in [6.45, 7) is 1.87. The van der Waals surface area contributed by atoms with Gasteiger partial charge in [0.15, 0.2) is 0 Å². The van der Waals surface area contributed by atoms with Crippen LogP contribution in [0.15, 0.2) is 24.3 Å². The van der Waals surface area contributed by atoms with E-state index in [9.17, 15) is 14.4 Å². The van der Waals surface area contributed by atoms with Crippen molar-refractivity contribution in [2.24, 2.45) is 5.73 Å². The topological polar surface area (TPSA) is 80.5 Å². The molecule has 0 radical (unpaired) electrons. The number of imide groups is 1. The molecule has 2 N–H and O–H groups in total. The average molecular weight is 246 g/mol. The SMILES string of the molecule is CCC[C@@H](C(N)=O)N1C(=O)c2ccccc2C1=O. The van der Waals surface area contributed by atoms with E-state index in [0.717, 1.165) is 4.90 Å². The standard InChI is InChI=1S/C13H14N2O3/c1-2-5-10(11(14)16)15-12(17)8-6-3-4-7-9(8)13(15)18/h3-4,6-7,10H,2,5H2,1H3,(H2,14,16)/t10-/m0/s1. The van der Waals surface area contributed by atoms with Crippen molar-refractivity contribution in [1.82, 2.24) is 4.90 Å². The summed E-state index contributed by atoms with van der Waals surface area (Å²) in [5, 5.41) is 0. The van der Waals surface area contributed by atoms with Crippen LogP contribution in [-0.4, -0.2) is 28.7 Å². The average Bonchev–Trinajstić information content (AvgIpc) is 2.60. The second-order valence-corrected chi connectivity index (χ2v) is 4.23. The summed E-state index contributed by atoms with van der Waals surface area (Å²) in [5.74, 6) is -1.52. The number of fused-ring (bicyclic) bond motifs is 1. The Kier molecular flexibility index (Phi) is 3.14. The Morgan fingerprint density at radius 3 is 2.11 bits per heavy atom. The lowest BCUT2D eigenvalue weighted by Gasteiger charge is -2.22. The number of nitrogens with zero attached hydrogens (tertiary/aromatic N) is 1.